The number of aromatic nitrogens is 4. The van der Waals surface area contributed by atoms with Crippen molar-refractivity contribution in [2.24, 2.45) is 0 Å². The van der Waals surface area contributed by atoms with E-state index < -0.39 is 5.97 Å². The van der Waals surface area contributed by atoms with Crippen LogP contribution in [0.5, 0.6) is 0 Å². The van der Waals surface area contributed by atoms with Gasteiger partial charge in [-0.3, -0.25) is 4.79 Å². The summed E-state index contributed by atoms with van der Waals surface area (Å²) in [4.78, 5) is 26.5. The number of carbonyl (C=O) groups is 2. The van der Waals surface area contributed by atoms with Crippen molar-refractivity contribution < 1.29 is 14.3 Å². The summed E-state index contributed by atoms with van der Waals surface area (Å²) < 4.78 is 6.70. The van der Waals surface area contributed by atoms with Gasteiger partial charge in [0.15, 0.2) is 6.61 Å². The number of hydrogen-bond donors (Lipinski definition) is 0. The third kappa shape index (κ3) is 3.29. The van der Waals surface area contributed by atoms with Crippen LogP contribution in [0.15, 0.2) is 54.9 Å². The van der Waals surface area contributed by atoms with Crippen LogP contribution in [0.25, 0.3) is 5.69 Å². The van der Waals surface area contributed by atoms with E-state index in [-0.39, 0.29) is 18.6 Å². The lowest BCUT2D eigenvalue weighted by Crippen LogP contribution is -2.38. The molecule has 0 N–H and O–H groups in total. The molecule has 4 rings (SSSR count). The number of anilines is 1. The van der Waals surface area contributed by atoms with Gasteiger partial charge in [0, 0.05) is 11.7 Å². The number of amides is 1. The summed E-state index contributed by atoms with van der Waals surface area (Å²) in [6, 6.07) is 14.4. The predicted molar refractivity (Wildman–Crippen MR) is 96.5 cm³/mol. The number of nitrogens with zero attached hydrogens (tertiary/aromatic N) is 5. The van der Waals surface area contributed by atoms with E-state index in [1.165, 1.54) is 11.0 Å². The van der Waals surface area contributed by atoms with Crippen molar-refractivity contribution in [3.63, 3.8) is 0 Å². The molecule has 0 saturated heterocycles. The first kappa shape index (κ1) is 16.9. The number of tetrazole rings is 1. The Labute approximate surface area is 155 Å². The van der Waals surface area contributed by atoms with Crippen LogP contribution in [0, 0.1) is 0 Å². The number of ether oxygens (including phenoxy) is 1. The molecule has 0 bridgehead atoms. The second-order valence-corrected chi connectivity index (χ2v) is 6.32. The first-order valence-corrected chi connectivity index (χ1v) is 8.54. The Morgan fingerprint density at radius 1 is 1.15 bits per heavy atom. The van der Waals surface area contributed by atoms with Crippen LogP contribution in [-0.4, -0.2) is 44.7 Å². The molecule has 3 aromatic rings. The molecule has 8 heteroatoms. The maximum absolute atomic E-state index is 12.6. The SMILES string of the molecule is C[C@H]1Cc2ccccc2N1C(=O)COC(=O)c1ccc(-n2cnnn2)cc1. The van der Waals surface area contributed by atoms with Crippen molar-refractivity contribution in [1.82, 2.24) is 20.2 Å². The molecule has 1 aromatic heterocycles. The molecule has 0 fully saturated rings. The van der Waals surface area contributed by atoms with Gasteiger partial charge in [-0.15, -0.1) is 5.10 Å². The van der Waals surface area contributed by atoms with Crippen molar-refractivity contribution in [2.75, 3.05) is 11.5 Å². The highest BCUT2D eigenvalue weighted by Gasteiger charge is 2.31. The number of fused-ring (bicyclic) bond motifs is 1. The maximum Gasteiger partial charge on any atom is 0.338 e. The minimum Gasteiger partial charge on any atom is -0.452 e. The highest BCUT2D eigenvalue weighted by molar-refractivity contribution is 5.99. The van der Waals surface area contributed by atoms with E-state index in [2.05, 4.69) is 15.5 Å². The van der Waals surface area contributed by atoms with Crippen molar-refractivity contribution in [1.29, 1.82) is 0 Å². The van der Waals surface area contributed by atoms with Gasteiger partial charge >= 0.3 is 5.97 Å². The lowest BCUT2D eigenvalue weighted by atomic mass is 10.1. The molecule has 1 aliphatic rings. The fourth-order valence-corrected chi connectivity index (χ4v) is 3.26. The van der Waals surface area contributed by atoms with Gasteiger partial charge in [0.2, 0.25) is 0 Å². The van der Waals surface area contributed by atoms with Crippen LogP contribution < -0.4 is 4.90 Å². The molecule has 2 heterocycles. The van der Waals surface area contributed by atoms with E-state index in [0.29, 0.717) is 5.56 Å². The molecule has 8 nitrogen and oxygen atoms in total. The van der Waals surface area contributed by atoms with Crippen molar-refractivity contribution in [3.8, 4) is 5.69 Å². The standard InChI is InChI=1S/C19H17N5O3/c1-13-10-15-4-2-3-5-17(15)24(13)18(25)11-27-19(26)14-6-8-16(9-7-14)23-12-20-21-22-23/h2-9,12-13H,10-11H2,1H3/t13-/m0/s1. The minimum atomic E-state index is -0.549. The molecule has 2 aromatic carbocycles. The van der Waals surface area contributed by atoms with Crippen molar-refractivity contribution in [3.05, 3.63) is 66.0 Å². The fraction of sp³-hybridized carbons (Fsp3) is 0.211. The second-order valence-electron chi connectivity index (χ2n) is 6.32. The van der Waals surface area contributed by atoms with Crippen LogP contribution in [0.4, 0.5) is 5.69 Å². The summed E-state index contributed by atoms with van der Waals surface area (Å²) in [6.45, 7) is 1.68. The van der Waals surface area contributed by atoms with Gasteiger partial charge in [-0.1, -0.05) is 18.2 Å². The molecule has 0 aliphatic carbocycles. The average molecular weight is 363 g/mol. The molecule has 27 heavy (non-hydrogen) atoms. The molecule has 1 amide bonds. The number of hydrogen-bond acceptors (Lipinski definition) is 6. The van der Waals surface area contributed by atoms with Crippen molar-refractivity contribution >= 4 is 17.6 Å². The lowest BCUT2D eigenvalue weighted by Gasteiger charge is -2.22. The van der Waals surface area contributed by atoms with Gasteiger partial charge in [0.05, 0.1) is 11.3 Å². The van der Waals surface area contributed by atoms with Gasteiger partial charge in [-0.05, 0) is 59.7 Å². The summed E-state index contributed by atoms with van der Waals surface area (Å²) >= 11 is 0. The zero-order valence-corrected chi connectivity index (χ0v) is 14.6. The second kappa shape index (κ2) is 6.99. The van der Waals surface area contributed by atoms with Crippen LogP contribution >= 0.6 is 0 Å². The predicted octanol–water partition coefficient (Wildman–Crippen LogP) is 1.80. The van der Waals surface area contributed by atoms with E-state index in [1.54, 1.807) is 29.2 Å². The summed E-state index contributed by atoms with van der Waals surface area (Å²) in [7, 11) is 0. The van der Waals surface area contributed by atoms with Gasteiger partial charge in [-0.25, -0.2) is 9.48 Å². The number of carbonyl (C=O) groups excluding carboxylic acids is 2. The normalized spacial score (nSPS) is 15.4. The van der Waals surface area contributed by atoms with E-state index in [9.17, 15) is 9.59 Å². The summed E-state index contributed by atoms with van der Waals surface area (Å²) in [5, 5.41) is 10.9. The molecule has 0 saturated carbocycles. The molecule has 0 spiro atoms. The number of rotatable bonds is 4. The van der Waals surface area contributed by atoms with E-state index in [1.807, 2.05) is 31.2 Å². The third-order valence-corrected chi connectivity index (χ3v) is 4.52. The largest absolute Gasteiger partial charge is 0.452 e. The van der Waals surface area contributed by atoms with Crippen LogP contribution in [0.2, 0.25) is 0 Å². The number of esters is 1. The highest BCUT2D eigenvalue weighted by atomic mass is 16.5. The molecular weight excluding hydrogens is 346 g/mol. The van der Waals surface area contributed by atoms with Gasteiger partial charge in [-0.2, -0.15) is 0 Å². The number of benzene rings is 2. The Morgan fingerprint density at radius 2 is 1.93 bits per heavy atom. The van der Waals surface area contributed by atoms with Gasteiger partial charge in [0.25, 0.3) is 5.91 Å². The van der Waals surface area contributed by atoms with E-state index in [4.69, 9.17) is 4.74 Å². The van der Waals surface area contributed by atoms with Gasteiger partial charge in [0.1, 0.15) is 6.33 Å². The summed E-state index contributed by atoms with van der Waals surface area (Å²) in [5.41, 5.74) is 3.09. The zero-order valence-electron chi connectivity index (χ0n) is 14.6. The van der Waals surface area contributed by atoms with E-state index >= 15 is 0 Å². The quantitative estimate of drug-likeness (QED) is 0.657. The van der Waals surface area contributed by atoms with Crippen molar-refractivity contribution in [2.45, 2.75) is 19.4 Å². The Kier molecular flexibility index (Phi) is 4.37. The number of para-hydroxylation sites is 1. The smallest absolute Gasteiger partial charge is 0.338 e. The first-order valence-electron chi connectivity index (χ1n) is 8.54. The zero-order chi connectivity index (χ0) is 18.8. The molecule has 0 radical (unpaired) electrons. The van der Waals surface area contributed by atoms with Crippen LogP contribution in [0.3, 0.4) is 0 Å². The average Bonchev–Trinajstić information content (AvgIpc) is 3.33. The van der Waals surface area contributed by atoms with E-state index in [0.717, 1.165) is 23.4 Å². The fourth-order valence-electron chi connectivity index (χ4n) is 3.26. The minimum absolute atomic E-state index is 0.0455. The summed E-state index contributed by atoms with van der Waals surface area (Å²) in [6.07, 6.45) is 2.26. The third-order valence-electron chi connectivity index (χ3n) is 4.52. The molecular formula is C19H17N5O3. The van der Waals surface area contributed by atoms with Gasteiger partial charge < -0.3 is 9.64 Å². The highest BCUT2D eigenvalue weighted by Crippen LogP contribution is 2.31. The molecule has 1 aliphatic heterocycles. The molecule has 1 atom stereocenters. The molecule has 0 unspecified atom stereocenters. The lowest BCUT2D eigenvalue weighted by molar-refractivity contribution is -0.122. The monoisotopic (exact) mass is 363 g/mol. The Balaban J connectivity index is 1.40. The maximum atomic E-state index is 12.6. The van der Waals surface area contributed by atoms with Crippen LogP contribution in [0.1, 0.15) is 22.8 Å². The first-order chi connectivity index (χ1) is 13.1. The Morgan fingerprint density at radius 3 is 2.67 bits per heavy atom. The van der Waals surface area contributed by atoms with Crippen LogP contribution in [-0.2, 0) is 16.0 Å². The topological polar surface area (TPSA) is 90.2 Å². The Bertz CT molecular complexity index is 969. The Hall–Kier alpha value is -3.55. The summed E-state index contributed by atoms with van der Waals surface area (Å²) in [5.74, 6) is -0.780. The molecule has 136 valence electrons.